The maximum absolute atomic E-state index is 10.4. The average Bonchev–Trinajstić information content (AvgIpc) is 2.28. The largest absolute Gasteiger partial charge is 0.830 e. The number of hydrogen-bond acceptors (Lipinski definition) is 3. The highest BCUT2D eigenvalue weighted by Gasteiger charge is 1.98. The lowest BCUT2D eigenvalue weighted by Crippen LogP contribution is -2.08. The van der Waals surface area contributed by atoms with Crippen LogP contribution in [0.3, 0.4) is 0 Å². The van der Waals surface area contributed by atoms with Gasteiger partial charge in [0.2, 0.25) is 0 Å². The zero-order valence-corrected chi connectivity index (χ0v) is 10.5. The van der Waals surface area contributed by atoms with Gasteiger partial charge in [0, 0.05) is 11.9 Å². The lowest BCUT2D eigenvalue weighted by Gasteiger charge is -2.08. The van der Waals surface area contributed by atoms with E-state index in [1.165, 1.54) is 0 Å². The minimum atomic E-state index is 0.554. The summed E-state index contributed by atoms with van der Waals surface area (Å²) in [5.74, 6) is 1.71. The van der Waals surface area contributed by atoms with Gasteiger partial charge in [-0.05, 0) is 37.6 Å². The van der Waals surface area contributed by atoms with Crippen LogP contribution in [0.25, 0.3) is 0 Å². The Labute approximate surface area is 97.8 Å². The fraction of sp³-hybridized carbons (Fsp3) is 0.417. The van der Waals surface area contributed by atoms with Crippen molar-refractivity contribution in [3.8, 4) is 5.75 Å². The third kappa shape index (κ3) is 4.31. The Hall–Kier alpha value is -0.890. The summed E-state index contributed by atoms with van der Waals surface area (Å²) >= 11 is 0. The van der Waals surface area contributed by atoms with E-state index in [2.05, 4.69) is 0 Å². The third-order valence-electron chi connectivity index (χ3n) is 2.06. The van der Waals surface area contributed by atoms with Crippen LogP contribution in [0.2, 0.25) is 0 Å². The predicted octanol–water partition coefficient (Wildman–Crippen LogP) is 1.10. The first kappa shape index (κ1) is 13.2. The molecule has 0 aliphatic heterocycles. The van der Waals surface area contributed by atoms with Gasteiger partial charge in [-0.1, -0.05) is 8.20 Å². The van der Waals surface area contributed by atoms with E-state index in [1.54, 1.807) is 0 Å². The first-order valence-corrected chi connectivity index (χ1v) is 6.20. The average molecular weight is 239 g/mol. The van der Waals surface area contributed by atoms with E-state index < -0.39 is 0 Å². The maximum atomic E-state index is 10.4. The molecule has 0 unspecified atom stereocenters. The Morgan fingerprint density at radius 2 is 2.19 bits per heavy atom. The van der Waals surface area contributed by atoms with E-state index in [-0.39, 0.29) is 0 Å². The summed E-state index contributed by atoms with van der Waals surface area (Å²) < 4.78 is 10.7. The molecule has 1 aromatic rings. The van der Waals surface area contributed by atoms with E-state index in [1.807, 2.05) is 32.0 Å². The van der Waals surface area contributed by atoms with Crippen molar-refractivity contribution in [2.75, 3.05) is 19.8 Å². The zero-order chi connectivity index (χ0) is 11.8. The van der Waals surface area contributed by atoms with E-state index in [4.69, 9.17) is 9.47 Å². The summed E-state index contributed by atoms with van der Waals surface area (Å²) in [7, 11) is 0.703. The van der Waals surface area contributed by atoms with Crippen molar-refractivity contribution >= 4 is 19.5 Å². The molecule has 0 saturated heterocycles. The molecular formula is C12H16O3P-. The van der Waals surface area contributed by atoms with Crippen LogP contribution in [0.5, 0.6) is 5.75 Å². The molecule has 16 heavy (non-hydrogen) atoms. The molecule has 0 saturated carbocycles. The molecule has 1 rings (SSSR count). The lowest BCUT2D eigenvalue weighted by molar-refractivity contribution is -0.195. The second kappa shape index (κ2) is 7.39. The highest BCUT2D eigenvalue weighted by molar-refractivity contribution is 7.46. The summed E-state index contributed by atoms with van der Waals surface area (Å²) in [6.45, 7) is 5.79. The molecule has 0 atom stereocenters. The number of hydrogen-bond donors (Lipinski definition) is 0. The number of aryl methyl sites for hydroxylation is 1. The molecule has 0 aliphatic carbocycles. The highest BCUT2D eigenvalue weighted by Crippen LogP contribution is 2.13. The van der Waals surface area contributed by atoms with Gasteiger partial charge in [0.05, 0.1) is 6.61 Å². The van der Waals surface area contributed by atoms with Gasteiger partial charge in [0.1, 0.15) is 12.4 Å². The molecule has 0 fully saturated rings. The topological polar surface area (TPSA) is 41.5 Å². The first-order valence-electron chi connectivity index (χ1n) is 5.23. The van der Waals surface area contributed by atoms with Crippen LogP contribution in [0.1, 0.15) is 12.5 Å². The van der Waals surface area contributed by atoms with Gasteiger partial charge in [-0.3, -0.25) is 0 Å². The van der Waals surface area contributed by atoms with Gasteiger partial charge in [-0.25, -0.2) is 0 Å². The van der Waals surface area contributed by atoms with Crippen molar-refractivity contribution in [3.63, 3.8) is 0 Å². The van der Waals surface area contributed by atoms with Crippen molar-refractivity contribution in [2.45, 2.75) is 13.8 Å². The van der Waals surface area contributed by atoms with Crippen LogP contribution in [-0.2, 0) is 4.74 Å². The van der Waals surface area contributed by atoms with Crippen LogP contribution < -0.4 is 15.1 Å². The summed E-state index contributed by atoms with van der Waals surface area (Å²) in [5, 5.41) is 11.4. The van der Waals surface area contributed by atoms with Gasteiger partial charge in [-0.15, -0.1) is 0 Å². The van der Waals surface area contributed by atoms with Gasteiger partial charge in [0.25, 0.3) is 0 Å². The maximum Gasteiger partial charge on any atom is 0.119 e. The molecule has 1 aromatic carbocycles. The molecule has 0 aromatic heterocycles. The number of ether oxygens (including phenoxy) is 2. The van der Waals surface area contributed by atoms with E-state index >= 15 is 0 Å². The van der Waals surface area contributed by atoms with Gasteiger partial charge >= 0.3 is 0 Å². The van der Waals surface area contributed by atoms with E-state index in [0.717, 1.165) is 22.6 Å². The van der Waals surface area contributed by atoms with Gasteiger partial charge in [-0.2, -0.15) is 5.98 Å². The SMILES string of the molecule is CCOCCOc1ccc(P=C[O-])c(C)c1. The Balaban J connectivity index is 2.52. The van der Waals surface area contributed by atoms with Crippen molar-refractivity contribution in [2.24, 2.45) is 0 Å². The monoisotopic (exact) mass is 239 g/mol. The standard InChI is InChI=1S/C12H17O3P/c1-3-14-6-7-15-11-4-5-12(16-9-13)10(2)8-11/h4-5,8-9,13H,3,6-7H2,1-2H3/p-1. The Kier molecular flexibility index (Phi) is 6.09. The van der Waals surface area contributed by atoms with Crippen molar-refractivity contribution in [1.29, 1.82) is 0 Å². The van der Waals surface area contributed by atoms with Crippen molar-refractivity contribution < 1.29 is 14.6 Å². The summed E-state index contributed by atoms with van der Waals surface area (Å²) in [6.07, 6.45) is 0. The number of rotatable bonds is 6. The predicted molar refractivity (Wildman–Crippen MR) is 65.8 cm³/mol. The molecule has 88 valence electrons. The molecular weight excluding hydrogens is 223 g/mol. The van der Waals surface area contributed by atoms with E-state index in [0.29, 0.717) is 28.0 Å². The minimum Gasteiger partial charge on any atom is -0.830 e. The van der Waals surface area contributed by atoms with Gasteiger partial charge < -0.3 is 14.6 Å². The Bertz CT molecular complexity index is 350. The number of benzene rings is 1. The van der Waals surface area contributed by atoms with Crippen LogP contribution >= 0.6 is 8.20 Å². The quantitative estimate of drug-likeness (QED) is 0.551. The van der Waals surface area contributed by atoms with Crippen LogP contribution in [0.15, 0.2) is 18.2 Å². The van der Waals surface area contributed by atoms with Crippen LogP contribution in [0, 0.1) is 6.92 Å². The third-order valence-corrected chi connectivity index (χ3v) is 2.95. The second-order valence-electron chi connectivity index (χ2n) is 3.23. The summed E-state index contributed by atoms with van der Waals surface area (Å²) in [6, 6.07) is 5.74. The molecule has 4 heteroatoms. The summed E-state index contributed by atoms with van der Waals surface area (Å²) in [4.78, 5) is 0. The Morgan fingerprint density at radius 1 is 1.38 bits per heavy atom. The molecule has 3 nitrogen and oxygen atoms in total. The smallest absolute Gasteiger partial charge is 0.119 e. The lowest BCUT2D eigenvalue weighted by atomic mass is 10.2. The second-order valence-corrected chi connectivity index (χ2v) is 4.18. The molecule has 0 N–H and O–H groups in total. The van der Waals surface area contributed by atoms with Crippen LogP contribution in [0.4, 0.5) is 0 Å². The van der Waals surface area contributed by atoms with E-state index in [9.17, 15) is 5.11 Å². The van der Waals surface area contributed by atoms with Crippen LogP contribution in [-0.4, -0.2) is 25.8 Å². The fourth-order valence-electron chi connectivity index (χ4n) is 1.28. The molecule has 0 amide bonds. The molecule has 0 bridgehead atoms. The zero-order valence-electron chi connectivity index (χ0n) is 9.60. The van der Waals surface area contributed by atoms with Crippen molar-refractivity contribution in [1.82, 2.24) is 0 Å². The normalized spacial score (nSPS) is 10.9. The van der Waals surface area contributed by atoms with Gasteiger partial charge in [0.15, 0.2) is 0 Å². The fourth-order valence-corrected chi connectivity index (χ4v) is 1.82. The first-order chi connectivity index (χ1) is 7.77. The highest BCUT2D eigenvalue weighted by atomic mass is 31.1. The minimum absolute atomic E-state index is 0.554. The molecule has 0 radical (unpaired) electrons. The summed E-state index contributed by atoms with van der Waals surface area (Å²) in [5.41, 5.74) is 1.07. The van der Waals surface area contributed by atoms with Crippen molar-refractivity contribution in [3.05, 3.63) is 23.8 Å². The molecule has 0 aliphatic rings. The molecule has 0 heterocycles. The molecule has 0 spiro atoms. The Morgan fingerprint density at radius 3 is 2.81 bits per heavy atom.